The maximum Gasteiger partial charge on any atom is 0.214 e. The highest BCUT2D eigenvalue weighted by Crippen LogP contribution is 2.08. The number of unbranched alkanes of at least 4 members (excludes halogenated alkanes) is 4. The van der Waals surface area contributed by atoms with E-state index in [9.17, 15) is 4.79 Å². The molecule has 12 heavy (non-hydrogen) atoms. The molecule has 0 spiro atoms. The first-order valence-electron chi connectivity index (χ1n) is 4.57. The van der Waals surface area contributed by atoms with Gasteiger partial charge in [0.1, 0.15) is 6.61 Å². The summed E-state index contributed by atoms with van der Waals surface area (Å²) in [5.74, 6) is 0.864. The zero-order valence-electron chi connectivity index (χ0n) is 7.71. The van der Waals surface area contributed by atoms with Crippen LogP contribution < -0.4 is 0 Å². The SMILES string of the molecule is CCCCCCCSC(=O)CO. The summed E-state index contributed by atoms with van der Waals surface area (Å²) in [7, 11) is 0. The van der Waals surface area contributed by atoms with Gasteiger partial charge in [0.25, 0.3) is 0 Å². The first-order chi connectivity index (χ1) is 5.81. The van der Waals surface area contributed by atoms with Gasteiger partial charge in [0.2, 0.25) is 5.12 Å². The van der Waals surface area contributed by atoms with Gasteiger partial charge in [-0.2, -0.15) is 0 Å². The molecular weight excluding hydrogens is 172 g/mol. The summed E-state index contributed by atoms with van der Waals surface area (Å²) in [6.45, 7) is 1.86. The molecule has 1 N–H and O–H groups in total. The lowest BCUT2D eigenvalue weighted by Gasteiger charge is -1.98. The van der Waals surface area contributed by atoms with Crippen LogP contribution >= 0.6 is 11.8 Å². The Bertz CT molecular complexity index is 115. The fourth-order valence-corrected chi connectivity index (χ4v) is 1.60. The van der Waals surface area contributed by atoms with Crippen molar-refractivity contribution in [2.45, 2.75) is 39.0 Å². The maximum absolute atomic E-state index is 10.6. The third kappa shape index (κ3) is 8.08. The molecule has 0 saturated carbocycles. The number of hydrogen-bond acceptors (Lipinski definition) is 3. The van der Waals surface area contributed by atoms with E-state index in [1.807, 2.05) is 0 Å². The number of thioether (sulfide) groups is 1. The quantitative estimate of drug-likeness (QED) is 0.625. The van der Waals surface area contributed by atoms with Gasteiger partial charge in [0, 0.05) is 5.75 Å². The summed E-state index contributed by atoms with van der Waals surface area (Å²) in [6, 6.07) is 0. The number of rotatable bonds is 7. The molecular formula is C9H18O2S. The van der Waals surface area contributed by atoms with Crippen LogP contribution in [0, 0.1) is 0 Å². The zero-order chi connectivity index (χ0) is 9.23. The molecule has 72 valence electrons. The van der Waals surface area contributed by atoms with Gasteiger partial charge < -0.3 is 5.11 Å². The van der Waals surface area contributed by atoms with E-state index >= 15 is 0 Å². The Hall–Kier alpha value is -0.0200. The molecule has 0 aliphatic heterocycles. The second-order valence-electron chi connectivity index (χ2n) is 2.79. The lowest BCUT2D eigenvalue weighted by atomic mass is 10.2. The maximum atomic E-state index is 10.6. The van der Waals surface area contributed by atoms with Crippen LogP contribution in [0.5, 0.6) is 0 Å². The molecule has 0 rings (SSSR count). The summed E-state index contributed by atoms with van der Waals surface area (Å²) in [6.07, 6.45) is 6.11. The molecule has 0 aromatic carbocycles. The Labute approximate surface area is 78.7 Å². The largest absolute Gasteiger partial charge is 0.388 e. The van der Waals surface area contributed by atoms with Gasteiger partial charge in [-0.25, -0.2) is 0 Å². The Morgan fingerprint density at radius 3 is 2.50 bits per heavy atom. The van der Waals surface area contributed by atoms with Crippen LogP contribution in [-0.4, -0.2) is 22.6 Å². The van der Waals surface area contributed by atoms with Crippen LogP contribution in [0.25, 0.3) is 0 Å². The topological polar surface area (TPSA) is 37.3 Å². The second-order valence-corrected chi connectivity index (χ2v) is 3.95. The van der Waals surface area contributed by atoms with Crippen LogP contribution in [0.4, 0.5) is 0 Å². The summed E-state index contributed by atoms with van der Waals surface area (Å²) in [5, 5.41) is 8.30. The minimum atomic E-state index is -0.320. The molecule has 0 aliphatic carbocycles. The third-order valence-electron chi connectivity index (χ3n) is 1.64. The van der Waals surface area contributed by atoms with E-state index in [4.69, 9.17) is 5.11 Å². The highest BCUT2D eigenvalue weighted by molar-refractivity contribution is 8.13. The Morgan fingerprint density at radius 2 is 1.92 bits per heavy atom. The van der Waals surface area contributed by atoms with Gasteiger partial charge in [0.05, 0.1) is 0 Å². The summed E-state index contributed by atoms with van der Waals surface area (Å²) in [4.78, 5) is 10.6. The molecule has 0 atom stereocenters. The van der Waals surface area contributed by atoms with E-state index < -0.39 is 0 Å². The van der Waals surface area contributed by atoms with Crippen molar-refractivity contribution in [3.05, 3.63) is 0 Å². The lowest BCUT2D eigenvalue weighted by Crippen LogP contribution is -1.98. The average molecular weight is 190 g/mol. The lowest BCUT2D eigenvalue weighted by molar-refractivity contribution is -0.113. The average Bonchev–Trinajstić information content (AvgIpc) is 2.10. The van der Waals surface area contributed by atoms with Crippen LogP contribution in [0.1, 0.15) is 39.0 Å². The molecule has 0 fully saturated rings. The van der Waals surface area contributed by atoms with E-state index in [2.05, 4.69) is 6.92 Å². The molecule has 0 bridgehead atoms. The monoisotopic (exact) mass is 190 g/mol. The molecule has 0 aliphatic rings. The number of hydrogen-bond donors (Lipinski definition) is 1. The molecule has 0 amide bonds. The normalized spacial score (nSPS) is 10.2. The van der Waals surface area contributed by atoms with E-state index in [1.165, 1.54) is 37.4 Å². The zero-order valence-corrected chi connectivity index (χ0v) is 8.53. The molecule has 0 aromatic rings. The molecule has 0 aromatic heterocycles. The van der Waals surface area contributed by atoms with Crippen molar-refractivity contribution < 1.29 is 9.90 Å². The molecule has 0 saturated heterocycles. The van der Waals surface area contributed by atoms with E-state index in [0.717, 1.165) is 12.2 Å². The number of aliphatic hydroxyl groups is 1. The predicted molar refractivity (Wildman–Crippen MR) is 53.3 cm³/mol. The standard InChI is InChI=1S/C9H18O2S/c1-2-3-4-5-6-7-12-9(11)8-10/h10H,2-8H2,1H3. The number of carbonyl (C=O) groups is 1. The highest BCUT2D eigenvalue weighted by Gasteiger charge is 1.98. The van der Waals surface area contributed by atoms with Gasteiger partial charge in [-0.05, 0) is 6.42 Å². The van der Waals surface area contributed by atoms with Gasteiger partial charge >= 0.3 is 0 Å². The summed E-state index contributed by atoms with van der Waals surface area (Å²) in [5.41, 5.74) is 0. The molecule has 0 heterocycles. The van der Waals surface area contributed by atoms with Crippen molar-refractivity contribution in [3.63, 3.8) is 0 Å². The van der Waals surface area contributed by atoms with Gasteiger partial charge in [-0.3, -0.25) is 4.79 Å². The molecule has 0 unspecified atom stereocenters. The van der Waals surface area contributed by atoms with Gasteiger partial charge in [-0.1, -0.05) is 44.4 Å². The van der Waals surface area contributed by atoms with E-state index in [1.54, 1.807) is 0 Å². The molecule has 0 radical (unpaired) electrons. The second kappa shape index (κ2) is 9.07. The van der Waals surface area contributed by atoms with Crippen LogP contribution in [-0.2, 0) is 4.79 Å². The molecule has 2 nitrogen and oxygen atoms in total. The summed E-state index contributed by atoms with van der Waals surface area (Å²) >= 11 is 1.25. The number of aliphatic hydroxyl groups excluding tert-OH is 1. The van der Waals surface area contributed by atoms with Crippen LogP contribution in [0.2, 0.25) is 0 Å². The molecule has 3 heteroatoms. The smallest absolute Gasteiger partial charge is 0.214 e. The van der Waals surface area contributed by atoms with E-state index in [-0.39, 0.29) is 11.7 Å². The van der Waals surface area contributed by atoms with Crippen molar-refractivity contribution in [2.24, 2.45) is 0 Å². The summed E-state index contributed by atoms with van der Waals surface area (Å²) < 4.78 is 0. The van der Waals surface area contributed by atoms with Crippen molar-refractivity contribution in [2.75, 3.05) is 12.4 Å². The van der Waals surface area contributed by atoms with Crippen molar-refractivity contribution in [1.29, 1.82) is 0 Å². The third-order valence-corrected chi connectivity index (χ3v) is 2.58. The Morgan fingerprint density at radius 1 is 1.25 bits per heavy atom. The van der Waals surface area contributed by atoms with Gasteiger partial charge in [0.15, 0.2) is 0 Å². The van der Waals surface area contributed by atoms with Gasteiger partial charge in [-0.15, -0.1) is 0 Å². The Kier molecular flexibility index (Phi) is 9.06. The minimum absolute atomic E-state index is 0.106. The fraction of sp³-hybridized carbons (Fsp3) is 0.889. The minimum Gasteiger partial charge on any atom is -0.388 e. The van der Waals surface area contributed by atoms with Crippen LogP contribution in [0.3, 0.4) is 0 Å². The van der Waals surface area contributed by atoms with E-state index in [0.29, 0.717) is 0 Å². The fourth-order valence-electron chi connectivity index (χ4n) is 0.937. The predicted octanol–water partition coefficient (Wildman–Crippen LogP) is 2.21. The highest BCUT2D eigenvalue weighted by atomic mass is 32.2. The first kappa shape index (κ1) is 12.0. The Balaban J connectivity index is 2.95. The van der Waals surface area contributed by atoms with Crippen molar-refractivity contribution in [3.8, 4) is 0 Å². The first-order valence-corrected chi connectivity index (χ1v) is 5.56. The number of carbonyl (C=O) groups excluding carboxylic acids is 1. The van der Waals surface area contributed by atoms with Crippen LogP contribution in [0.15, 0.2) is 0 Å². The van der Waals surface area contributed by atoms with Crippen molar-refractivity contribution in [1.82, 2.24) is 0 Å². The van der Waals surface area contributed by atoms with Crippen molar-refractivity contribution >= 4 is 16.9 Å².